The number of hydrogen-bond donors (Lipinski definition) is 2. The number of benzene rings is 1. The maximum atomic E-state index is 11.5. The van der Waals surface area contributed by atoms with E-state index in [2.05, 4.69) is 12.2 Å². The number of nitrogens with two attached hydrogens (primary N) is 1. The quantitative estimate of drug-likeness (QED) is 0.504. The smallest absolute Gasteiger partial charge is 0.337 e. The normalized spacial score (nSPS) is 22.9. The van der Waals surface area contributed by atoms with Crippen LogP contribution in [-0.2, 0) is 4.74 Å². The first kappa shape index (κ1) is 14.7. The number of hydrogen-bond acceptors (Lipinski definition) is 4. The standard InChI is InChI=1S/C16H24N2O2/c1-11-4-3-5-13(8-6-11)18-15-9-7-12(10-14(15)17)16(19)20-2/h7,9-11,13,18H,3-6,8,17H2,1-2H3. The molecule has 1 aliphatic rings. The van der Waals surface area contributed by atoms with Gasteiger partial charge in [-0.3, -0.25) is 0 Å². The van der Waals surface area contributed by atoms with Crippen molar-refractivity contribution >= 4 is 17.3 Å². The van der Waals surface area contributed by atoms with E-state index in [9.17, 15) is 4.79 Å². The van der Waals surface area contributed by atoms with Crippen LogP contribution in [0.15, 0.2) is 18.2 Å². The fourth-order valence-corrected chi connectivity index (χ4v) is 2.79. The highest BCUT2D eigenvalue weighted by Gasteiger charge is 2.17. The van der Waals surface area contributed by atoms with Gasteiger partial charge in [-0.05, 0) is 43.4 Å². The van der Waals surface area contributed by atoms with Crippen molar-refractivity contribution in [3.05, 3.63) is 23.8 Å². The van der Waals surface area contributed by atoms with E-state index in [-0.39, 0.29) is 5.97 Å². The lowest BCUT2D eigenvalue weighted by Crippen LogP contribution is -2.19. The average molecular weight is 276 g/mol. The van der Waals surface area contributed by atoms with Crippen LogP contribution in [0.4, 0.5) is 11.4 Å². The molecule has 0 bridgehead atoms. The lowest BCUT2D eigenvalue weighted by Gasteiger charge is -2.19. The summed E-state index contributed by atoms with van der Waals surface area (Å²) in [6.07, 6.45) is 6.20. The van der Waals surface area contributed by atoms with Gasteiger partial charge in [0.2, 0.25) is 0 Å². The summed E-state index contributed by atoms with van der Waals surface area (Å²) in [7, 11) is 1.37. The largest absolute Gasteiger partial charge is 0.465 e. The van der Waals surface area contributed by atoms with Crippen LogP contribution < -0.4 is 11.1 Å². The lowest BCUT2D eigenvalue weighted by molar-refractivity contribution is 0.0601. The van der Waals surface area contributed by atoms with Crippen molar-refractivity contribution in [2.75, 3.05) is 18.2 Å². The number of anilines is 2. The van der Waals surface area contributed by atoms with Crippen LogP contribution in [0.5, 0.6) is 0 Å². The van der Waals surface area contributed by atoms with E-state index in [1.165, 1.54) is 39.2 Å². The van der Waals surface area contributed by atoms with E-state index >= 15 is 0 Å². The Morgan fingerprint density at radius 1 is 1.30 bits per heavy atom. The number of esters is 1. The van der Waals surface area contributed by atoms with Crippen molar-refractivity contribution < 1.29 is 9.53 Å². The van der Waals surface area contributed by atoms with E-state index < -0.39 is 0 Å². The number of nitrogen functional groups attached to an aromatic ring is 1. The Kier molecular flexibility index (Phi) is 4.88. The molecule has 0 aliphatic heterocycles. The number of ether oxygens (including phenoxy) is 1. The minimum absolute atomic E-state index is 0.355. The molecule has 0 saturated heterocycles. The molecule has 1 fully saturated rings. The summed E-state index contributed by atoms with van der Waals surface area (Å²) in [5.74, 6) is 0.465. The third kappa shape index (κ3) is 3.65. The Morgan fingerprint density at radius 3 is 2.80 bits per heavy atom. The SMILES string of the molecule is COC(=O)c1ccc(NC2CCCC(C)CC2)c(N)c1. The Bertz CT molecular complexity index is 474. The average Bonchev–Trinajstić information content (AvgIpc) is 2.65. The molecule has 4 heteroatoms. The summed E-state index contributed by atoms with van der Waals surface area (Å²) >= 11 is 0. The molecule has 2 atom stereocenters. The van der Waals surface area contributed by atoms with Gasteiger partial charge >= 0.3 is 5.97 Å². The molecule has 1 aromatic rings. The van der Waals surface area contributed by atoms with Gasteiger partial charge in [0.05, 0.1) is 24.0 Å². The molecule has 0 heterocycles. The van der Waals surface area contributed by atoms with Crippen molar-refractivity contribution in [1.29, 1.82) is 0 Å². The highest BCUT2D eigenvalue weighted by Crippen LogP contribution is 2.27. The molecule has 110 valence electrons. The Morgan fingerprint density at radius 2 is 2.10 bits per heavy atom. The minimum atomic E-state index is -0.355. The molecule has 20 heavy (non-hydrogen) atoms. The van der Waals surface area contributed by atoms with Crippen molar-refractivity contribution in [3.8, 4) is 0 Å². The second kappa shape index (κ2) is 6.64. The first-order chi connectivity index (χ1) is 9.60. The van der Waals surface area contributed by atoms with Crippen LogP contribution in [0.2, 0.25) is 0 Å². The summed E-state index contributed by atoms with van der Waals surface area (Å²) in [5, 5.41) is 3.52. The van der Waals surface area contributed by atoms with E-state index in [0.717, 1.165) is 11.6 Å². The predicted molar refractivity (Wildman–Crippen MR) is 81.9 cm³/mol. The summed E-state index contributed by atoms with van der Waals surface area (Å²) < 4.78 is 4.69. The molecule has 0 aromatic heterocycles. The minimum Gasteiger partial charge on any atom is -0.465 e. The first-order valence-electron chi connectivity index (χ1n) is 7.34. The van der Waals surface area contributed by atoms with Gasteiger partial charge in [0.25, 0.3) is 0 Å². The van der Waals surface area contributed by atoms with Gasteiger partial charge in [-0.15, -0.1) is 0 Å². The monoisotopic (exact) mass is 276 g/mol. The predicted octanol–water partition coefficient (Wildman–Crippen LogP) is 3.44. The molecule has 0 radical (unpaired) electrons. The van der Waals surface area contributed by atoms with Crippen LogP contribution in [-0.4, -0.2) is 19.1 Å². The molecule has 2 rings (SSSR count). The Labute approximate surface area is 120 Å². The zero-order valence-electron chi connectivity index (χ0n) is 12.3. The summed E-state index contributed by atoms with van der Waals surface area (Å²) in [5.41, 5.74) is 8.03. The molecule has 2 unspecified atom stereocenters. The Hall–Kier alpha value is -1.71. The van der Waals surface area contributed by atoms with E-state index in [0.29, 0.717) is 17.3 Å². The van der Waals surface area contributed by atoms with Gasteiger partial charge in [0.1, 0.15) is 0 Å². The maximum Gasteiger partial charge on any atom is 0.337 e. The number of carbonyl (C=O) groups excluding carboxylic acids is 1. The van der Waals surface area contributed by atoms with Gasteiger partial charge in [-0.2, -0.15) is 0 Å². The zero-order chi connectivity index (χ0) is 14.5. The molecule has 4 nitrogen and oxygen atoms in total. The topological polar surface area (TPSA) is 64.3 Å². The second-order valence-electron chi connectivity index (χ2n) is 5.75. The third-order valence-corrected chi connectivity index (χ3v) is 4.09. The molecule has 3 N–H and O–H groups in total. The van der Waals surface area contributed by atoms with Crippen molar-refractivity contribution in [3.63, 3.8) is 0 Å². The van der Waals surface area contributed by atoms with Gasteiger partial charge in [0.15, 0.2) is 0 Å². The highest BCUT2D eigenvalue weighted by atomic mass is 16.5. The van der Waals surface area contributed by atoms with E-state index in [1.807, 2.05) is 6.07 Å². The molecule has 1 aromatic carbocycles. The van der Waals surface area contributed by atoms with Gasteiger partial charge in [0, 0.05) is 6.04 Å². The van der Waals surface area contributed by atoms with Crippen LogP contribution in [0.3, 0.4) is 0 Å². The molecule has 1 aliphatic carbocycles. The molecule has 1 saturated carbocycles. The molecular formula is C16H24N2O2. The fourth-order valence-electron chi connectivity index (χ4n) is 2.79. The van der Waals surface area contributed by atoms with Gasteiger partial charge in [-0.25, -0.2) is 4.79 Å². The molecule has 0 spiro atoms. The summed E-state index contributed by atoms with van der Waals surface area (Å²) in [6, 6.07) is 5.78. The summed E-state index contributed by atoms with van der Waals surface area (Å²) in [6.45, 7) is 2.32. The maximum absolute atomic E-state index is 11.5. The number of rotatable bonds is 3. The number of nitrogens with one attached hydrogen (secondary N) is 1. The zero-order valence-corrected chi connectivity index (χ0v) is 12.3. The van der Waals surface area contributed by atoms with Crippen LogP contribution >= 0.6 is 0 Å². The van der Waals surface area contributed by atoms with Crippen molar-refractivity contribution in [2.45, 2.75) is 45.1 Å². The molecule has 0 amide bonds. The third-order valence-electron chi connectivity index (χ3n) is 4.09. The van der Waals surface area contributed by atoms with E-state index in [4.69, 9.17) is 10.5 Å². The second-order valence-corrected chi connectivity index (χ2v) is 5.75. The summed E-state index contributed by atoms with van der Waals surface area (Å²) in [4.78, 5) is 11.5. The molecular weight excluding hydrogens is 252 g/mol. The van der Waals surface area contributed by atoms with Gasteiger partial charge in [-0.1, -0.05) is 19.8 Å². The highest BCUT2D eigenvalue weighted by molar-refractivity contribution is 5.91. The van der Waals surface area contributed by atoms with Crippen LogP contribution in [0, 0.1) is 5.92 Å². The van der Waals surface area contributed by atoms with Crippen LogP contribution in [0.1, 0.15) is 49.4 Å². The number of carbonyl (C=O) groups is 1. The Balaban J connectivity index is 2.04. The first-order valence-corrected chi connectivity index (χ1v) is 7.34. The van der Waals surface area contributed by atoms with E-state index in [1.54, 1.807) is 12.1 Å². The lowest BCUT2D eigenvalue weighted by atomic mass is 10.0. The van der Waals surface area contributed by atoms with Crippen molar-refractivity contribution in [2.24, 2.45) is 5.92 Å². The number of methoxy groups -OCH3 is 1. The van der Waals surface area contributed by atoms with Gasteiger partial charge < -0.3 is 15.8 Å². The van der Waals surface area contributed by atoms with Crippen LogP contribution in [0.25, 0.3) is 0 Å². The van der Waals surface area contributed by atoms with Crippen molar-refractivity contribution in [1.82, 2.24) is 0 Å². The fraction of sp³-hybridized carbons (Fsp3) is 0.562.